The first-order valence-corrected chi connectivity index (χ1v) is 9.25. The summed E-state index contributed by atoms with van der Waals surface area (Å²) < 4.78 is 6.15. The van der Waals surface area contributed by atoms with E-state index in [1.165, 1.54) is 13.0 Å². The van der Waals surface area contributed by atoms with Crippen LogP contribution in [0, 0.1) is 0 Å². The van der Waals surface area contributed by atoms with Crippen molar-refractivity contribution < 1.29 is 9.53 Å². The summed E-state index contributed by atoms with van der Waals surface area (Å²) in [5.41, 5.74) is 1.14. The third kappa shape index (κ3) is 5.81. The summed E-state index contributed by atoms with van der Waals surface area (Å²) in [4.78, 5) is 14.6. The number of rotatable bonds is 7. The van der Waals surface area contributed by atoms with Crippen LogP contribution in [-0.2, 0) is 11.2 Å². The van der Waals surface area contributed by atoms with E-state index < -0.39 is 0 Å². The Bertz CT molecular complexity index is 514. The number of hydrogen-bond donors (Lipinski definition) is 1. The number of hydrogen-bond acceptors (Lipinski definition) is 3. The predicted octanol–water partition coefficient (Wildman–Crippen LogP) is 3.38. The molecular formula is C18H27BrN2O2. The van der Waals surface area contributed by atoms with Crippen LogP contribution in [0.5, 0.6) is 5.75 Å². The van der Waals surface area contributed by atoms with Gasteiger partial charge in [0.2, 0.25) is 5.91 Å². The fourth-order valence-electron chi connectivity index (χ4n) is 3.04. The van der Waals surface area contributed by atoms with E-state index in [1.807, 2.05) is 18.2 Å². The number of benzene rings is 1. The van der Waals surface area contributed by atoms with Crippen LogP contribution < -0.4 is 10.1 Å². The minimum atomic E-state index is 0.158. The van der Waals surface area contributed by atoms with Crippen molar-refractivity contribution in [1.29, 1.82) is 0 Å². The molecule has 0 atom stereocenters. The molecule has 1 aliphatic rings. The summed E-state index contributed by atoms with van der Waals surface area (Å²) in [6.07, 6.45) is 4.63. The lowest BCUT2D eigenvalue weighted by Gasteiger charge is -2.32. The van der Waals surface area contributed by atoms with Gasteiger partial charge in [-0.15, -0.1) is 0 Å². The fourth-order valence-corrected chi connectivity index (χ4v) is 3.63. The second-order valence-corrected chi connectivity index (χ2v) is 7.01. The van der Waals surface area contributed by atoms with Crippen molar-refractivity contribution in [2.45, 2.75) is 45.1 Å². The number of likely N-dealkylation sites (tertiary alicyclic amines) is 1. The zero-order chi connectivity index (χ0) is 16.7. The largest absolute Gasteiger partial charge is 0.496 e. The average Bonchev–Trinajstić information content (AvgIpc) is 2.55. The maximum Gasteiger partial charge on any atom is 0.220 e. The first kappa shape index (κ1) is 18.3. The number of aryl methyl sites for hydroxylation is 1. The zero-order valence-corrected chi connectivity index (χ0v) is 15.7. The molecule has 1 aromatic carbocycles. The maximum absolute atomic E-state index is 12.1. The van der Waals surface area contributed by atoms with Crippen LogP contribution in [0.3, 0.4) is 0 Å². The lowest BCUT2D eigenvalue weighted by molar-refractivity contribution is -0.122. The van der Waals surface area contributed by atoms with E-state index in [1.54, 1.807) is 7.11 Å². The first-order valence-electron chi connectivity index (χ1n) is 8.46. The van der Waals surface area contributed by atoms with Gasteiger partial charge in [0.25, 0.3) is 0 Å². The third-order valence-corrected chi connectivity index (χ3v) is 4.97. The molecule has 1 saturated heterocycles. The summed E-state index contributed by atoms with van der Waals surface area (Å²) in [6.45, 7) is 5.59. The predicted molar refractivity (Wildman–Crippen MR) is 96.9 cm³/mol. The van der Waals surface area contributed by atoms with Gasteiger partial charge in [-0.25, -0.2) is 0 Å². The topological polar surface area (TPSA) is 41.6 Å². The van der Waals surface area contributed by atoms with Crippen molar-refractivity contribution in [3.8, 4) is 5.75 Å². The Morgan fingerprint density at radius 3 is 2.74 bits per heavy atom. The van der Waals surface area contributed by atoms with E-state index in [0.717, 1.165) is 48.1 Å². The number of nitrogens with one attached hydrogen (secondary N) is 1. The molecule has 1 aromatic rings. The van der Waals surface area contributed by atoms with Gasteiger partial charge in [-0.1, -0.05) is 13.0 Å². The molecule has 4 nitrogen and oxygen atoms in total. The maximum atomic E-state index is 12.1. The number of methoxy groups -OCH3 is 1. The fraction of sp³-hybridized carbons (Fsp3) is 0.611. The molecule has 0 unspecified atom stereocenters. The van der Waals surface area contributed by atoms with E-state index >= 15 is 0 Å². The molecule has 23 heavy (non-hydrogen) atoms. The van der Waals surface area contributed by atoms with Crippen LogP contribution in [0.4, 0.5) is 0 Å². The lowest BCUT2D eigenvalue weighted by atomic mass is 10.0. The van der Waals surface area contributed by atoms with Crippen molar-refractivity contribution in [3.05, 3.63) is 28.2 Å². The molecule has 1 amide bonds. The number of carbonyl (C=O) groups excluding carboxylic acids is 1. The molecule has 0 bridgehead atoms. The van der Waals surface area contributed by atoms with Crippen LogP contribution in [0.2, 0.25) is 0 Å². The minimum absolute atomic E-state index is 0.158. The SMILES string of the molecule is CCCN1CCC(NC(=O)CCc2ccc(OC)c(Br)c2)CC1. The molecule has 0 spiro atoms. The Labute approximate surface area is 147 Å². The van der Waals surface area contributed by atoms with Crippen molar-refractivity contribution >= 4 is 21.8 Å². The van der Waals surface area contributed by atoms with Gasteiger partial charge in [-0.05, 0) is 65.9 Å². The van der Waals surface area contributed by atoms with Gasteiger partial charge in [0.15, 0.2) is 0 Å². The molecular weight excluding hydrogens is 356 g/mol. The molecule has 0 aromatic heterocycles. The number of nitrogens with zero attached hydrogens (tertiary/aromatic N) is 1. The van der Waals surface area contributed by atoms with Gasteiger partial charge >= 0.3 is 0 Å². The Balaban J connectivity index is 1.72. The van der Waals surface area contributed by atoms with E-state index in [-0.39, 0.29) is 5.91 Å². The monoisotopic (exact) mass is 382 g/mol. The highest BCUT2D eigenvalue weighted by Gasteiger charge is 2.19. The van der Waals surface area contributed by atoms with Gasteiger partial charge in [-0.2, -0.15) is 0 Å². The van der Waals surface area contributed by atoms with E-state index in [2.05, 4.69) is 33.1 Å². The van der Waals surface area contributed by atoms with E-state index in [9.17, 15) is 4.79 Å². The number of amides is 1. The molecule has 1 fully saturated rings. The third-order valence-electron chi connectivity index (χ3n) is 4.35. The quantitative estimate of drug-likeness (QED) is 0.785. The van der Waals surface area contributed by atoms with E-state index in [0.29, 0.717) is 12.5 Å². The summed E-state index contributed by atoms with van der Waals surface area (Å²) in [7, 11) is 1.65. The van der Waals surface area contributed by atoms with E-state index in [4.69, 9.17) is 4.74 Å². The van der Waals surface area contributed by atoms with Crippen LogP contribution in [0.15, 0.2) is 22.7 Å². The van der Waals surface area contributed by atoms with Crippen molar-refractivity contribution in [2.24, 2.45) is 0 Å². The number of halogens is 1. The summed E-state index contributed by atoms with van der Waals surface area (Å²) in [6, 6.07) is 6.31. The minimum Gasteiger partial charge on any atom is -0.496 e. The van der Waals surface area contributed by atoms with Crippen LogP contribution >= 0.6 is 15.9 Å². The number of carbonyl (C=O) groups is 1. The molecule has 128 valence electrons. The molecule has 1 N–H and O–H groups in total. The van der Waals surface area contributed by atoms with Gasteiger partial charge in [0.1, 0.15) is 5.75 Å². The Hall–Kier alpha value is -1.07. The summed E-state index contributed by atoms with van der Waals surface area (Å²) in [5, 5.41) is 3.19. The van der Waals surface area contributed by atoms with Gasteiger partial charge < -0.3 is 15.0 Å². The Morgan fingerprint density at radius 2 is 2.13 bits per heavy atom. The summed E-state index contributed by atoms with van der Waals surface area (Å²) >= 11 is 3.48. The zero-order valence-electron chi connectivity index (χ0n) is 14.1. The molecule has 0 saturated carbocycles. The number of ether oxygens (including phenoxy) is 1. The smallest absolute Gasteiger partial charge is 0.220 e. The molecule has 1 heterocycles. The highest BCUT2D eigenvalue weighted by atomic mass is 79.9. The van der Waals surface area contributed by atoms with Crippen molar-refractivity contribution in [2.75, 3.05) is 26.7 Å². The first-order chi connectivity index (χ1) is 11.1. The lowest BCUT2D eigenvalue weighted by Crippen LogP contribution is -2.44. The summed E-state index contributed by atoms with van der Waals surface area (Å²) in [5.74, 6) is 0.975. The molecule has 5 heteroatoms. The van der Waals surface area contributed by atoms with Gasteiger partial charge in [0, 0.05) is 25.6 Å². The second kappa shape index (κ2) is 9.28. The van der Waals surface area contributed by atoms with Crippen LogP contribution in [0.1, 0.15) is 38.2 Å². The normalized spacial score (nSPS) is 16.3. The number of piperidine rings is 1. The Kier molecular flexibility index (Phi) is 7.37. The van der Waals surface area contributed by atoms with Crippen LogP contribution in [-0.4, -0.2) is 43.6 Å². The standard InChI is InChI=1S/C18H27BrN2O2/c1-3-10-21-11-8-15(9-12-21)20-18(22)7-5-14-4-6-17(23-2)16(19)13-14/h4,6,13,15H,3,5,7-12H2,1-2H3,(H,20,22). The highest BCUT2D eigenvalue weighted by Crippen LogP contribution is 2.26. The average molecular weight is 383 g/mol. The second-order valence-electron chi connectivity index (χ2n) is 6.15. The van der Waals surface area contributed by atoms with Crippen LogP contribution in [0.25, 0.3) is 0 Å². The molecule has 0 aliphatic carbocycles. The highest BCUT2D eigenvalue weighted by molar-refractivity contribution is 9.10. The molecule has 0 radical (unpaired) electrons. The Morgan fingerprint density at radius 1 is 1.39 bits per heavy atom. The molecule has 1 aliphatic heterocycles. The molecule has 2 rings (SSSR count). The van der Waals surface area contributed by atoms with Crippen molar-refractivity contribution in [1.82, 2.24) is 10.2 Å². The van der Waals surface area contributed by atoms with Gasteiger partial charge in [-0.3, -0.25) is 4.79 Å². The van der Waals surface area contributed by atoms with Gasteiger partial charge in [0.05, 0.1) is 11.6 Å². The van der Waals surface area contributed by atoms with Crippen molar-refractivity contribution in [3.63, 3.8) is 0 Å².